The summed E-state index contributed by atoms with van der Waals surface area (Å²) in [4.78, 5) is 0. The van der Waals surface area contributed by atoms with Gasteiger partial charge in [-0.15, -0.1) is 0 Å². The maximum absolute atomic E-state index is 8.90. The third-order valence-electron chi connectivity index (χ3n) is 2.57. The SMILES string of the molecule is CC1(CNC(CN)CO)CCCO1. The fraction of sp³-hybridized carbons (Fsp3) is 1.00. The first kappa shape index (κ1) is 10.9. The zero-order valence-corrected chi connectivity index (χ0v) is 8.25. The molecule has 0 amide bonds. The highest BCUT2D eigenvalue weighted by molar-refractivity contribution is 4.84. The van der Waals surface area contributed by atoms with Gasteiger partial charge in [0.25, 0.3) is 0 Å². The van der Waals surface area contributed by atoms with Gasteiger partial charge in [-0.2, -0.15) is 0 Å². The van der Waals surface area contributed by atoms with Gasteiger partial charge in [-0.05, 0) is 19.8 Å². The van der Waals surface area contributed by atoms with Crippen LogP contribution in [0.5, 0.6) is 0 Å². The molecule has 1 rings (SSSR count). The molecule has 4 heteroatoms. The summed E-state index contributed by atoms with van der Waals surface area (Å²) in [6.07, 6.45) is 2.22. The van der Waals surface area contributed by atoms with Crippen LogP contribution in [-0.4, -0.2) is 43.1 Å². The Hall–Kier alpha value is -0.160. The van der Waals surface area contributed by atoms with E-state index in [2.05, 4.69) is 12.2 Å². The Morgan fingerprint density at radius 2 is 2.46 bits per heavy atom. The highest BCUT2D eigenvalue weighted by Gasteiger charge is 2.29. The quantitative estimate of drug-likeness (QED) is 0.542. The van der Waals surface area contributed by atoms with Crippen LogP contribution < -0.4 is 11.1 Å². The summed E-state index contributed by atoms with van der Waals surface area (Å²) in [5.74, 6) is 0. The molecule has 0 radical (unpaired) electrons. The van der Waals surface area contributed by atoms with E-state index in [0.717, 1.165) is 26.0 Å². The Labute approximate surface area is 79.5 Å². The van der Waals surface area contributed by atoms with Crippen molar-refractivity contribution in [2.24, 2.45) is 5.73 Å². The van der Waals surface area contributed by atoms with E-state index >= 15 is 0 Å². The van der Waals surface area contributed by atoms with Gasteiger partial charge in [0.15, 0.2) is 0 Å². The lowest BCUT2D eigenvalue weighted by Crippen LogP contribution is -2.46. The summed E-state index contributed by atoms with van der Waals surface area (Å²) in [6.45, 7) is 4.27. The number of hydrogen-bond acceptors (Lipinski definition) is 4. The first-order valence-corrected chi connectivity index (χ1v) is 4.88. The predicted molar refractivity (Wildman–Crippen MR) is 51.5 cm³/mol. The molecule has 13 heavy (non-hydrogen) atoms. The zero-order valence-electron chi connectivity index (χ0n) is 8.25. The predicted octanol–water partition coefficient (Wildman–Crippen LogP) is -0.535. The van der Waals surface area contributed by atoms with E-state index in [4.69, 9.17) is 15.6 Å². The third kappa shape index (κ3) is 3.23. The molecular weight excluding hydrogens is 168 g/mol. The number of hydrogen-bond donors (Lipinski definition) is 3. The van der Waals surface area contributed by atoms with Crippen LogP contribution in [0.4, 0.5) is 0 Å². The fourth-order valence-electron chi connectivity index (χ4n) is 1.56. The highest BCUT2D eigenvalue weighted by Crippen LogP contribution is 2.23. The van der Waals surface area contributed by atoms with E-state index in [1.807, 2.05) is 0 Å². The molecule has 0 bridgehead atoms. The van der Waals surface area contributed by atoms with Crippen LogP contribution in [0.1, 0.15) is 19.8 Å². The van der Waals surface area contributed by atoms with Crippen molar-refractivity contribution >= 4 is 0 Å². The van der Waals surface area contributed by atoms with Gasteiger partial charge in [0.05, 0.1) is 12.2 Å². The van der Waals surface area contributed by atoms with Gasteiger partial charge in [-0.3, -0.25) is 0 Å². The average molecular weight is 188 g/mol. The number of nitrogens with two attached hydrogens (primary N) is 1. The van der Waals surface area contributed by atoms with Crippen molar-refractivity contribution in [2.45, 2.75) is 31.4 Å². The minimum absolute atomic E-state index is 0.000949. The molecule has 0 spiro atoms. The van der Waals surface area contributed by atoms with Gasteiger partial charge in [-0.25, -0.2) is 0 Å². The highest BCUT2D eigenvalue weighted by atomic mass is 16.5. The standard InChI is InChI=1S/C9H20N2O2/c1-9(3-2-4-13-9)7-11-8(5-10)6-12/h8,11-12H,2-7,10H2,1H3. The maximum atomic E-state index is 8.90. The van der Waals surface area contributed by atoms with Crippen LogP contribution in [0.15, 0.2) is 0 Å². The van der Waals surface area contributed by atoms with Crippen molar-refractivity contribution in [3.63, 3.8) is 0 Å². The molecule has 0 aliphatic carbocycles. The molecule has 0 saturated carbocycles. The van der Waals surface area contributed by atoms with Crippen LogP contribution >= 0.6 is 0 Å². The summed E-state index contributed by atoms with van der Waals surface area (Å²) in [5, 5.41) is 12.1. The first-order valence-electron chi connectivity index (χ1n) is 4.88. The minimum atomic E-state index is -0.0530. The lowest BCUT2D eigenvalue weighted by molar-refractivity contribution is 0.0174. The minimum Gasteiger partial charge on any atom is -0.395 e. The molecule has 0 aromatic heterocycles. The zero-order chi connectivity index (χ0) is 9.73. The molecular formula is C9H20N2O2. The summed E-state index contributed by atoms with van der Waals surface area (Å²) in [5.41, 5.74) is 5.39. The second-order valence-corrected chi connectivity index (χ2v) is 3.90. The molecule has 1 saturated heterocycles. The van der Waals surface area contributed by atoms with E-state index in [-0.39, 0.29) is 18.2 Å². The Balaban J connectivity index is 2.23. The molecule has 1 aliphatic heterocycles. The maximum Gasteiger partial charge on any atom is 0.0779 e. The van der Waals surface area contributed by atoms with Crippen molar-refractivity contribution in [3.05, 3.63) is 0 Å². The monoisotopic (exact) mass is 188 g/mol. The molecule has 4 N–H and O–H groups in total. The number of aliphatic hydroxyl groups excluding tert-OH is 1. The van der Waals surface area contributed by atoms with E-state index < -0.39 is 0 Å². The fourth-order valence-corrected chi connectivity index (χ4v) is 1.56. The number of ether oxygens (including phenoxy) is 1. The van der Waals surface area contributed by atoms with Crippen molar-refractivity contribution in [1.29, 1.82) is 0 Å². The molecule has 1 heterocycles. The molecule has 78 valence electrons. The van der Waals surface area contributed by atoms with Gasteiger partial charge in [-0.1, -0.05) is 0 Å². The van der Waals surface area contributed by atoms with Crippen molar-refractivity contribution < 1.29 is 9.84 Å². The van der Waals surface area contributed by atoms with Crippen LogP contribution in [0, 0.1) is 0 Å². The number of nitrogens with one attached hydrogen (secondary N) is 1. The summed E-state index contributed by atoms with van der Waals surface area (Å²) < 4.78 is 5.59. The molecule has 2 atom stereocenters. The molecule has 1 aliphatic rings. The van der Waals surface area contributed by atoms with Gasteiger partial charge >= 0.3 is 0 Å². The second-order valence-electron chi connectivity index (χ2n) is 3.90. The van der Waals surface area contributed by atoms with Gasteiger partial charge in [0.1, 0.15) is 0 Å². The van der Waals surface area contributed by atoms with Crippen molar-refractivity contribution in [2.75, 3.05) is 26.3 Å². The molecule has 0 aromatic rings. The largest absolute Gasteiger partial charge is 0.395 e. The second kappa shape index (κ2) is 4.91. The topological polar surface area (TPSA) is 67.5 Å². The van der Waals surface area contributed by atoms with E-state index in [9.17, 15) is 0 Å². The number of aliphatic hydroxyl groups is 1. The van der Waals surface area contributed by atoms with Crippen LogP contribution in [0.25, 0.3) is 0 Å². The molecule has 4 nitrogen and oxygen atoms in total. The molecule has 0 aromatic carbocycles. The Morgan fingerprint density at radius 1 is 1.69 bits per heavy atom. The van der Waals surface area contributed by atoms with E-state index in [1.165, 1.54) is 0 Å². The van der Waals surface area contributed by atoms with E-state index in [0.29, 0.717) is 6.54 Å². The Bertz CT molecular complexity index is 143. The lowest BCUT2D eigenvalue weighted by Gasteiger charge is -2.26. The van der Waals surface area contributed by atoms with Crippen LogP contribution in [0.2, 0.25) is 0 Å². The van der Waals surface area contributed by atoms with Gasteiger partial charge < -0.3 is 20.9 Å². The lowest BCUT2D eigenvalue weighted by atomic mass is 10.0. The molecule has 2 unspecified atom stereocenters. The van der Waals surface area contributed by atoms with E-state index in [1.54, 1.807) is 0 Å². The van der Waals surface area contributed by atoms with Gasteiger partial charge in [0.2, 0.25) is 0 Å². The van der Waals surface area contributed by atoms with Crippen LogP contribution in [0.3, 0.4) is 0 Å². The summed E-state index contributed by atoms with van der Waals surface area (Å²) in [6, 6.07) is 0.000949. The van der Waals surface area contributed by atoms with Crippen molar-refractivity contribution in [1.82, 2.24) is 5.32 Å². The average Bonchev–Trinajstić information content (AvgIpc) is 2.55. The van der Waals surface area contributed by atoms with Crippen LogP contribution in [-0.2, 0) is 4.74 Å². The Morgan fingerprint density at radius 3 is 2.92 bits per heavy atom. The van der Waals surface area contributed by atoms with Gasteiger partial charge in [0, 0.05) is 25.7 Å². The third-order valence-corrected chi connectivity index (χ3v) is 2.57. The smallest absolute Gasteiger partial charge is 0.0779 e. The summed E-state index contributed by atoms with van der Waals surface area (Å²) >= 11 is 0. The summed E-state index contributed by atoms with van der Waals surface area (Å²) in [7, 11) is 0. The number of rotatable bonds is 5. The Kier molecular flexibility index (Phi) is 4.12. The molecule has 1 fully saturated rings. The van der Waals surface area contributed by atoms with Crippen molar-refractivity contribution in [3.8, 4) is 0 Å². The normalized spacial score (nSPS) is 30.7. The first-order chi connectivity index (χ1) is 6.20.